The Bertz CT molecular complexity index is 1120. The SMILES string of the molecule is O=C(Nc1cnc(C2CCN(CC(F)(F)F)CC2)c(F)c1)Nc1c[nH]c2ccc(F)cc12. The number of aromatic nitrogens is 2. The van der Waals surface area contributed by atoms with Crippen LogP contribution < -0.4 is 10.6 Å². The van der Waals surface area contributed by atoms with Crippen molar-refractivity contribution in [3.63, 3.8) is 0 Å². The second kappa shape index (κ2) is 8.73. The van der Waals surface area contributed by atoms with Gasteiger partial charge in [-0.15, -0.1) is 0 Å². The first kappa shape index (κ1) is 22.0. The lowest BCUT2D eigenvalue weighted by Crippen LogP contribution is -2.39. The predicted octanol–water partition coefficient (Wildman–Crippen LogP) is 5.23. The van der Waals surface area contributed by atoms with Crippen LogP contribution in [0, 0.1) is 11.6 Å². The zero-order valence-corrected chi connectivity index (χ0v) is 16.8. The number of hydrogen-bond donors (Lipinski definition) is 3. The lowest BCUT2D eigenvalue weighted by molar-refractivity contribution is -0.148. The van der Waals surface area contributed by atoms with Gasteiger partial charge in [-0.1, -0.05) is 0 Å². The van der Waals surface area contributed by atoms with Gasteiger partial charge in [0.15, 0.2) is 0 Å². The number of carbonyl (C=O) groups excluding carboxylic acids is 1. The van der Waals surface area contributed by atoms with Crippen LogP contribution in [-0.2, 0) is 0 Å². The van der Waals surface area contributed by atoms with Gasteiger partial charge in [-0.2, -0.15) is 13.2 Å². The van der Waals surface area contributed by atoms with Crippen molar-refractivity contribution in [1.29, 1.82) is 0 Å². The third-order valence-electron chi connectivity index (χ3n) is 5.40. The first-order valence-corrected chi connectivity index (χ1v) is 9.97. The number of rotatable bonds is 4. The second-order valence-electron chi connectivity index (χ2n) is 7.73. The molecule has 3 aromatic rings. The Labute approximate surface area is 179 Å². The molecule has 1 aliphatic heterocycles. The van der Waals surface area contributed by atoms with Gasteiger partial charge in [-0.3, -0.25) is 9.88 Å². The Morgan fingerprint density at radius 2 is 1.91 bits per heavy atom. The number of alkyl halides is 3. The van der Waals surface area contributed by atoms with E-state index >= 15 is 0 Å². The van der Waals surface area contributed by atoms with Crippen molar-refractivity contribution in [2.75, 3.05) is 30.3 Å². The summed E-state index contributed by atoms with van der Waals surface area (Å²) < 4.78 is 65.6. The van der Waals surface area contributed by atoms with Crippen molar-refractivity contribution in [2.24, 2.45) is 0 Å². The number of anilines is 2. The third-order valence-corrected chi connectivity index (χ3v) is 5.40. The van der Waals surface area contributed by atoms with Crippen molar-refractivity contribution in [2.45, 2.75) is 24.9 Å². The van der Waals surface area contributed by atoms with E-state index < -0.39 is 30.4 Å². The smallest absolute Gasteiger partial charge is 0.359 e. The number of likely N-dealkylation sites (tertiary alicyclic amines) is 1. The lowest BCUT2D eigenvalue weighted by Gasteiger charge is -2.32. The molecule has 0 saturated carbocycles. The molecule has 0 unspecified atom stereocenters. The fourth-order valence-electron chi connectivity index (χ4n) is 3.92. The molecule has 3 N–H and O–H groups in total. The number of amides is 2. The van der Waals surface area contributed by atoms with Crippen molar-refractivity contribution in [3.8, 4) is 0 Å². The van der Waals surface area contributed by atoms with Crippen molar-refractivity contribution < 1.29 is 26.7 Å². The molecular formula is C21H20F5N5O. The minimum absolute atomic E-state index is 0.115. The van der Waals surface area contributed by atoms with Gasteiger partial charge in [0.2, 0.25) is 0 Å². The van der Waals surface area contributed by atoms with Gasteiger partial charge < -0.3 is 15.6 Å². The lowest BCUT2D eigenvalue weighted by atomic mass is 9.92. The molecule has 1 saturated heterocycles. The Hall–Kier alpha value is -3.21. The summed E-state index contributed by atoms with van der Waals surface area (Å²) in [6.45, 7) is -0.561. The molecule has 0 atom stereocenters. The summed E-state index contributed by atoms with van der Waals surface area (Å²) in [5, 5.41) is 5.52. The molecule has 1 aromatic carbocycles. The van der Waals surface area contributed by atoms with Gasteiger partial charge in [0, 0.05) is 29.1 Å². The second-order valence-corrected chi connectivity index (χ2v) is 7.73. The predicted molar refractivity (Wildman–Crippen MR) is 110 cm³/mol. The number of nitrogens with one attached hydrogen (secondary N) is 3. The highest BCUT2D eigenvalue weighted by atomic mass is 19.4. The van der Waals surface area contributed by atoms with Crippen LogP contribution in [-0.4, -0.2) is 46.7 Å². The summed E-state index contributed by atoms with van der Waals surface area (Å²) in [6.07, 6.45) is -0.717. The standard InChI is InChI=1S/C21H20F5N5O/c22-13-1-2-17-15(7-13)18(10-27-17)30-20(32)29-14-8-16(23)19(28-9-14)12-3-5-31(6-4-12)11-21(24,25)26/h1-2,7-10,12,27H,3-6,11H2,(H2,29,30,32). The molecule has 2 amide bonds. The Kier molecular flexibility index (Phi) is 6.00. The average molecular weight is 453 g/mol. The molecule has 0 aliphatic carbocycles. The third kappa shape index (κ3) is 5.16. The van der Waals surface area contributed by atoms with Crippen LogP contribution in [0.4, 0.5) is 38.1 Å². The summed E-state index contributed by atoms with van der Waals surface area (Å²) in [5.74, 6) is -1.37. The van der Waals surface area contributed by atoms with E-state index in [4.69, 9.17) is 0 Å². The molecule has 11 heteroatoms. The van der Waals surface area contributed by atoms with Crippen molar-refractivity contribution in [1.82, 2.24) is 14.9 Å². The molecule has 32 heavy (non-hydrogen) atoms. The summed E-state index contributed by atoms with van der Waals surface area (Å²) in [7, 11) is 0. The monoisotopic (exact) mass is 453 g/mol. The van der Waals surface area contributed by atoms with Gasteiger partial charge in [-0.05, 0) is 44.1 Å². The zero-order chi connectivity index (χ0) is 22.9. The van der Waals surface area contributed by atoms with E-state index in [1.165, 1.54) is 29.4 Å². The maximum Gasteiger partial charge on any atom is 0.401 e. The van der Waals surface area contributed by atoms with E-state index in [2.05, 4.69) is 20.6 Å². The van der Waals surface area contributed by atoms with E-state index in [0.29, 0.717) is 29.4 Å². The molecule has 0 bridgehead atoms. The largest absolute Gasteiger partial charge is 0.401 e. The minimum atomic E-state index is -4.26. The van der Waals surface area contributed by atoms with E-state index in [0.717, 1.165) is 6.07 Å². The number of nitrogens with zero attached hydrogens (tertiary/aromatic N) is 2. The van der Waals surface area contributed by atoms with Gasteiger partial charge in [0.25, 0.3) is 0 Å². The Balaban J connectivity index is 1.37. The number of halogens is 5. The number of H-pyrrole nitrogens is 1. The quantitative estimate of drug-likeness (QED) is 0.474. The van der Waals surface area contributed by atoms with E-state index in [-0.39, 0.29) is 30.4 Å². The number of urea groups is 1. The molecule has 0 spiro atoms. The van der Waals surface area contributed by atoms with Crippen molar-refractivity contribution in [3.05, 3.63) is 54.0 Å². The van der Waals surface area contributed by atoms with Gasteiger partial charge in [0.1, 0.15) is 11.6 Å². The number of aromatic amines is 1. The van der Waals surface area contributed by atoms with Crippen LogP contribution in [0.3, 0.4) is 0 Å². The number of carbonyl (C=O) groups is 1. The minimum Gasteiger partial charge on any atom is -0.359 e. The maximum absolute atomic E-state index is 14.6. The summed E-state index contributed by atoms with van der Waals surface area (Å²) in [5.41, 5.74) is 1.28. The summed E-state index contributed by atoms with van der Waals surface area (Å²) in [4.78, 5) is 20.6. The normalized spacial score (nSPS) is 15.8. The molecule has 1 aliphatic rings. The molecule has 2 aromatic heterocycles. The number of fused-ring (bicyclic) bond motifs is 1. The Morgan fingerprint density at radius 3 is 2.59 bits per heavy atom. The van der Waals surface area contributed by atoms with Gasteiger partial charge in [-0.25, -0.2) is 13.6 Å². The fraction of sp³-hybridized carbons (Fsp3) is 0.333. The number of hydrogen-bond acceptors (Lipinski definition) is 3. The average Bonchev–Trinajstić information content (AvgIpc) is 3.09. The fourth-order valence-corrected chi connectivity index (χ4v) is 3.92. The summed E-state index contributed by atoms with van der Waals surface area (Å²) >= 11 is 0. The van der Waals surface area contributed by atoms with Crippen LogP contribution in [0.15, 0.2) is 36.7 Å². The maximum atomic E-state index is 14.6. The zero-order valence-electron chi connectivity index (χ0n) is 16.8. The summed E-state index contributed by atoms with van der Waals surface area (Å²) in [6, 6.07) is 4.57. The molecule has 6 nitrogen and oxygen atoms in total. The number of pyridine rings is 1. The molecule has 170 valence electrons. The Morgan fingerprint density at radius 1 is 1.16 bits per heavy atom. The number of benzene rings is 1. The van der Waals surface area contributed by atoms with E-state index in [9.17, 15) is 26.7 Å². The van der Waals surface area contributed by atoms with Crippen LogP contribution in [0.2, 0.25) is 0 Å². The highest BCUT2D eigenvalue weighted by Crippen LogP contribution is 2.31. The molecule has 1 fully saturated rings. The van der Waals surface area contributed by atoms with Crippen LogP contribution in [0.25, 0.3) is 10.9 Å². The first-order valence-electron chi connectivity index (χ1n) is 9.97. The van der Waals surface area contributed by atoms with Crippen molar-refractivity contribution >= 4 is 28.3 Å². The van der Waals surface area contributed by atoms with Crippen LogP contribution >= 0.6 is 0 Å². The topological polar surface area (TPSA) is 73.1 Å². The molecular weight excluding hydrogens is 433 g/mol. The molecule has 3 heterocycles. The van der Waals surface area contributed by atoms with Crippen LogP contribution in [0.1, 0.15) is 24.5 Å². The first-order chi connectivity index (χ1) is 15.2. The van der Waals surface area contributed by atoms with Gasteiger partial charge >= 0.3 is 12.2 Å². The highest BCUT2D eigenvalue weighted by molar-refractivity contribution is 6.05. The van der Waals surface area contributed by atoms with E-state index in [1.54, 1.807) is 6.07 Å². The number of piperidine rings is 1. The van der Waals surface area contributed by atoms with Gasteiger partial charge in [0.05, 0.1) is 29.8 Å². The van der Waals surface area contributed by atoms with Crippen LogP contribution in [0.5, 0.6) is 0 Å². The van der Waals surface area contributed by atoms with E-state index in [1.807, 2.05) is 0 Å². The molecule has 4 rings (SSSR count). The molecule has 0 radical (unpaired) electrons. The highest BCUT2D eigenvalue weighted by Gasteiger charge is 2.33.